The fourth-order valence-corrected chi connectivity index (χ4v) is 7.42. The number of hydrogen-bond donors (Lipinski definition) is 3. The number of methoxy groups -OCH3 is 1. The van der Waals surface area contributed by atoms with Crippen molar-refractivity contribution < 1.29 is 13.9 Å². The number of anilines is 2. The largest absolute Gasteiger partial charge is 0.496 e. The molecule has 0 aliphatic rings. The second kappa shape index (κ2) is 18.5. The fourth-order valence-electron chi connectivity index (χ4n) is 6.15. The minimum atomic E-state index is -2.17. The van der Waals surface area contributed by atoms with Crippen LogP contribution in [0.3, 0.4) is 0 Å². The van der Waals surface area contributed by atoms with E-state index in [1.165, 1.54) is 5.56 Å². The van der Waals surface area contributed by atoms with E-state index in [1.54, 1.807) is 13.2 Å². The van der Waals surface area contributed by atoms with Gasteiger partial charge < -0.3 is 29.5 Å². The second-order valence-electron chi connectivity index (χ2n) is 15.0. The third kappa shape index (κ3) is 10.5. The molecule has 10 heteroatoms. The molecule has 6 rings (SSSR count). The van der Waals surface area contributed by atoms with Crippen LogP contribution in [-0.4, -0.2) is 33.5 Å². The molecule has 0 fully saturated rings. The van der Waals surface area contributed by atoms with E-state index >= 15 is 0 Å². The van der Waals surface area contributed by atoms with Crippen LogP contribution >= 0.6 is 0 Å². The van der Waals surface area contributed by atoms with Crippen LogP contribution in [0, 0.1) is 10.8 Å². The molecule has 1 aromatic heterocycles. The van der Waals surface area contributed by atoms with E-state index in [0.29, 0.717) is 24.4 Å². The Bertz CT molecular complexity index is 2220. The summed E-state index contributed by atoms with van der Waals surface area (Å²) >= 11 is 0. The van der Waals surface area contributed by atoms with E-state index in [0.717, 1.165) is 57.7 Å². The summed E-state index contributed by atoms with van der Waals surface area (Å²) in [6, 6.07) is 42.6. The SMILES string of the molecule is COc1ccc(Nc2ccc(CCNC[C@@H](O[Si](C)(C)C(C)(C)C)c3ccc(OCc4ccccc4)c4[nH]c(=O)ccc34)cc2)cc1-c1ccccc1.N#N. The predicted octanol–water partition coefficient (Wildman–Crippen LogP) is 10.5. The lowest BCUT2D eigenvalue weighted by molar-refractivity contribution is 0.182. The van der Waals surface area contributed by atoms with Gasteiger partial charge in [0.1, 0.15) is 18.1 Å². The number of nitrogens with one attached hydrogen (secondary N) is 3. The molecule has 0 spiro atoms. The van der Waals surface area contributed by atoms with Crippen molar-refractivity contribution in [3.8, 4) is 22.6 Å². The molecule has 3 N–H and O–H groups in total. The highest BCUT2D eigenvalue weighted by Crippen LogP contribution is 2.41. The summed E-state index contributed by atoms with van der Waals surface area (Å²) in [5.74, 6) is 1.49. The van der Waals surface area contributed by atoms with Crippen LogP contribution in [0.25, 0.3) is 22.0 Å². The standard InChI is InChI=1S/C45H51N3O4Si.N2/c1-45(2,3)53(5,6)52-42(37-22-25-41(44-38(37)23-26-43(49)48-44)51-31-33-13-9-7-10-14-33)30-46-28-27-32-17-19-35(20-18-32)47-36-21-24-40(50-4)39(29-36)34-15-11-8-12-16-34;1-2/h7-26,29,42,46-47H,27-28,30-31H2,1-6H3,(H,48,49);/t42-;/m1./s1. The smallest absolute Gasteiger partial charge is 0.248 e. The predicted molar refractivity (Wildman–Crippen MR) is 225 cm³/mol. The Kier molecular flexibility index (Phi) is 13.6. The summed E-state index contributed by atoms with van der Waals surface area (Å²) in [6.45, 7) is 13.2. The van der Waals surface area contributed by atoms with Gasteiger partial charge in [0.25, 0.3) is 0 Å². The number of rotatable bonds is 15. The molecular weight excluding hydrogens is 703 g/mol. The third-order valence-electron chi connectivity index (χ3n) is 10.2. The lowest BCUT2D eigenvalue weighted by Gasteiger charge is -2.39. The summed E-state index contributed by atoms with van der Waals surface area (Å²) in [5.41, 5.74) is 8.04. The number of hydrogen-bond acceptors (Lipinski definition) is 8. The maximum absolute atomic E-state index is 12.5. The molecule has 9 nitrogen and oxygen atoms in total. The zero-order chi connectivity index (χ0) is 39.4. The van der Waals surface area contributed by atoms with E-state index in [9.17, 15) is 4.79 Å². The highest BCUT2D eigenvalue weighted by atomic mass is 28.4. The molecule has 1 heterocycles. The molecule has 0 unspecified atom stereocenters. The van der Waals surface area contributed by atoms with E-state index in [2.05, 4.69) is 98.0 Å². The number of aromatic amines is 1. The summed E-state index contributed by atoms with van der Waals surface area (Å²) in [6.07, 6.45) is 0.651. The Morgan fingerprint density at radius 2 is 1.42 bits per heavy atom. The van der Waals surface area contributed by atoms with Gasteiger partial charge in [-0.2, -0.15) is 0 Å². The van der Waals surface area contributed by atoms with Gasteiger partial charge in [0.15, 0.2) is 8.32 Å². The Hall–Kier alpha value is -5.73. The van der Waals surface area contributed by atoms with Gasteiger partial charge in [-0.25, -0.2) is 0 Å². The molecule has 0 saturated heterocycles. The first-order valence-electron chi connectivity index (χ1n) is 18.5. The maximum atomic E-state index is 12.5. The molecule has 284 valence electrons. The molecule has 0 amide bonds. The Morgan fingerprint density at radius 1 is 0.764 bits per heavy atom. The number of fused-ring (bicyclic) bond motifs is 1. The molecule has 0 aliphatic heterocycles. The van der Waals surface area contributed by atoms with Gasteiger partial charge >= 0.3 is 0 Å². The zero-order valence-electron chi connectivity index (χ0n) is 32.6. The van der Waals surface area contributed by atoms with Crippen molar-refractivity contribution in [1.29, 1.82) is 10.8 Å². The first-order valence-corrected chi connectivity index (χ1v) is 21.4. The van der Waals surface area contributed by atoms with E-state index in [-0.39, 0.29) is 16.7 Å². The van der Waals surface area contributed by atoms with Gasteiger partial charge in [0.05, 0.1) is 18.7 Å². The highest BCUT2D eigenvalue weighted by molar-refractivity contribution is 6.74. The van der Waals surface area contributed by atoms with Gasteiger partial charge in [-0.1, -0.05) is 99.6 Å². The average molecular weight is 754 g/mol. The summed E-state index contributed by atoms with van der Waals surface area (Å²) in [4.78, 5) is 15.6. The van der Waals surface area contributed by atoms with Gasteiger partial charge in [-0.15, -0.1) is 0 Å². The van der Waals surface area contributed by atoms with Crippen LogP contribution in [0.2, 0.25) is 18.1 Å². The van der Waals surface area contributed by atoms with Gasteiger partial charge in [0, 0.05) is 45.7 Å². The molecular formula is C45H51N5O4Si. The van der Waals surface area contributed by atoms with Gasteiger partial charge in [-0.3, -0.25) is 4.79 Å². The van der Waals surface area contributed by atoms with Crippen molar-refractivity contribution in [3.05, 3.63) is 154 Å². The minimum Gasteiger partial charge on any atom is -0.496 e. The van der Waals surface area contributed by atoms with Gasteiger partial charge in [0.2, 0.25) is 5.56 Å². The number of benzene rings is 5. The average Bonchev–Trinajstić information content (AvgIpc) is 3.19. The zero-order valence-corrected chi connectivity index (χ0v) is 33.6. The number of aromatic nitrogens is 1. The van der Waals surface area contributed by atoms with Gasteiger partial charge in [-0.05, 0) is 95.8 Å². The van der Waals surface area contributed by atoms with Crippen molar-refractivity contribution in [1.82, 2.24) is 10.3 Å². The molecule has 1 atom stereocenters. The van der Waals surface area contributed by atoms with Crippen LogP contribution in [0.5, 0.6) is 11.5 Å². The number of H-pyrrole nitrogens is 1. The topological polar surface area (TPSA) is 132 Å². The van der Waals surface area contributed by atoms with E-state index in [4.69, 9.17) is 24.7 Å². The lowest BCUT2D eigenvalue weighted by atomic mass is 10.0. The minimum absolute atomic E-state index is 0.0266. The quantitative estimate of drug-likeness (QED) is 0.0536. The van der Waals surface area contributed by atoms with Crippen LogP contribution in [0.1, 0.15) is 43.6 Å². The first-order chi connectivity index (χ1) is 26.5. The maximum Gasteiger partial charge on any atom is 0.248 e. The molecule has 0 aliphatic carbocycles. The number of nitrogens with zero attached hydrogens (tertiary/aromatic N) is 2. The monoisotopic (exact) mass is 753 g/mol. The van der Waals surface area contributed by atoms with Crippen molar-refractivity contribution >= 4 is 30.6 Å². The lowest BCUT2D eigenvalue weighted by Crippen LogP contribution is -2.43. The summed E-state index contributed by atoms with van der Waals surface area (Å²) < 4.78 is 19.0. The normalized spacial score (nSPS) is 12.0. The molecule has 55 heavy (non-hydrogen) atoms. The summed E-state index contributed by atoms with van der Waals surface area (Å²) in [7, 11) is -0.466. The fraction of sp³-hybridized carbons (Fsp3) is 0.267. The highest BCUT2D eigenvalue weighted by Gasteiger charge is 2.39. The van der Waals surface area contributed by atoms with Crippen LogP contribution in [-0.2, 0) is 17.5 Å². The van der Waals surface area contributed by atoms with E-state index in [1.807, 2.05) is 72.8 Å². The van der Waals surface area contributed by atoms with Crippen molar-refractivity contribution in [2.75, 3.05) is 25.5 Å². The van der Waals surface area contributed by atoms with Crippen LogP contribution < -0.4 is 25.7 Å². The molecule has 0 radical (unpaired) electrons. The Labute approximate surface area is 325 Å². The van der Waals surface area contributed by atoms with E-state index < -0.39 is 8.32 Å². The number of ether oxygens (including phenoxy) is 2. The van der Waals surface area contributed by atoms with Crippen molar-refractivity contribution in [3.63, 3.8) is 0 Å². The first kappa shape index (κ1) is 40.5. The summed E-state index contributed by atoms with van der Waals surface area (Å²) in [5, 5.41) is 20.2. The molecule has 0 bridgehead atoms. The van der Waals surface area contributed by atoms with Crippen LogP contribution in [0.4, 0.5) is 11.4 Å². The molecule has 6 aromatic rings. The van der Waals surface area contributed by atoms with Crippen molar-refractivity contribution in [2.24, 2.45) is 0 Å². The number of pyridine rings is 1. The second-order valence-corrected chi connectivity index (χ2v) is 19.7. The Morgan fingerprint density at radius 3 is 2.09 bits per heavy atom. The van der Waals surface area contributed by atoms with Crippen LogP contribution in [0.15, 0.2) is 132 Å². The molecule has 5 aromatic carbocycles. The van der Waals surface area contributed by atoms with Crippen molar-refractivity contribution in [2.45, 2.75) is 58.0 Å². The Balaban J connectivity index is 0.00000285. The third-order valence-corrected chi connectivity index (χ3v) is 14.7. The molecule has 0 saturated carbocycles.